The molecule has 0 unspecified atom stereocenters. The zero-order valence-corrected chi connectivity index (χ0v) is 16.5. The first kappa shape index (κ1) is 18.9. The maximum Gasteiger partial charge on any atom is 0.259 e. The topological polar surface area (TPSA) is 93.3 Å². The summed E-state index contributed by atoms with van der Waals surface area (Å²) in [6.45, 7) is 3.89. The third-order valence-electron chi connectivity index (χ3n) is 4.36. The van der Waals surface area contributed by atoms with Gasteiger partial charge in [0.15, 0.2) is 0 Å². The Morgan fingerprint density at radius 1 is 1.26 bits per heavy atom. The van der Waals surface area contributed by atoms with Crippen molar-refractivity contribution in [2.45, 2.75) is 26.7 Å². The molecule has 142 valence electrons. The molecule has 0 aliphatic rings. The summed E-state index contributed by atoms with van der Waals surface area (Å²) < 4.78 is 10.4. The Balaban J connectivity index is 1.71. The van der Waals surface area contributed by atoms with E-state index in [0.717, 1.165) is 10.4 Å². The zero-order chi connectivity index (χ0) is 19.6. The average molecular weight is 387 g/mol. The Kier molecular flexibility index (Phi) is 5.46. The summed E-state index contributed by atoms with van der Waals surface area (Å²) in [6, 6.07) is 5.16. The van der Waals surface area contributed by atoms with Gasteiger partial charge in [-0.05, 0) is 31.5 Å². The van der Waals surface area contributed by atoms with Gasteiger partial charge in [-0.15, -0.1) is 11.3 Å². The minimum Gasteiger partial charge on any atom is -0.497 e. The van der Waals surface area contributed by atoms with Crippen molar-refractivity contribution >= 4 is 33.1 Å². The van der Waals surface area contributed by atoms with Crippen LogP contribution in [0.2, 0.25) is 0 Å². The maximum absolute atomic E-state index is 12.3. The Bertz CT molecular complexity index is 1060. The first-order valence-electron chi connectivity index (χ1n) is 8.43. The number of H-pyrrole nitrogens is 1. The number of fused-ring (bicyclic) bond motifs is 1. The number of methoxy groups -OCH3 is 2. The molecule has 2 heterocycles. The van der Waals surface area contributed by atoms with Crippen LogP contribution in [-0.4, -0.2) is 30.1 Å². The van der Waals surface area contributed by atoms with Crippen molar-refractivity contribution < 1.29 is 14.3 Å². The average Bonchev–Trinajstić information content (AvgIpc) is 2.94. The van der Waals surface area contributed by atoms with Gasteiger partial charge in [-0.1, -0.05) is 0 Å². The fraction of sp³-hybridized carbons (Fsp3) is 0.316. The molecule has 0 aliphatic carbocycles. The molecule has 0 spiro atoms. The van der Waals surface area contributed by atoms with Crippen LogP contribution < -0.4 is 20.3 Å². The van der Waals surface area contributed by atoms with Crippen LogP contribution >= 0.6 is 11.3 Å². The lowest BCUT2D eigenvalue weighted by atomic mass is 10.2. The number of nitrogens with zero attached hydrogens (tertiary/aromatic N) is 1. The van der Waals surface area contributed by atoms with Gasteiger partial charge in [-0.25, -0.2) is 4.98 Å². The molecular weight excluding hydrogens is 366 g/mol. The van der Waals surface area contributed by atoms with E-state index in [0.29, 0.717) is 39.6 Å². The summed E-state index contributed by atoms with van der Waals surface area (Å²) >= 11 is 1.49. The highest BCUT2D eigenvalue weighted by atomic mass is 32.1. The zero-order valence-electron chi connectivity index (χ0n) is 15.6. The number of aromatic amines is 1. The number of benzene rings is 1. The molecule has 27 heavy (non-hydrogen) atoms. The Hall–Kier alpha value is -2.87. The van der Waals surface area contributed by atoms with Crippen LogP contribution in [0.15, 0.2) is 23.0 Å². The number of aromatic nitrogens is 2. The van der Waals surface area contributed by atoms with Gasteiger partial charge in [0.2, 0.25) is 5.91 Å². The number of hydrogen-bond donors (Lipinski definition) is 2. The summed E-state index contributed by atoms with van der Waals surface area (Å²) in [5, 5.41) is 3.44. The molecule has 0 fully saturated rings. The molecule has 0 atom stereocenters. The van der Waals surface area contributed by atoms with E-state index >= 15 is 0 Å². The smallest absolute Gasteiger partial charge is 0.259 e. The predicted molar refractivity (Wildman–Crippen MR) is 106 cm³/mol. The van der Waals surface area contributed by atoms with E-state index in [1.54, 1.807) is 25.3 Å². The van der Waals surface area contributed by atoms with Crippen LogP contribution in [0.5, 0.6) is 11.5 Å². The van der Waals surface area contributed by atoms with Crippen molar-refractivity contribution in [3.05, 3.63) is 44.8 Å². The van der Waals surface area contributed by atoms with Crippen LogP contribution in [0.25, 0.3) is 10.2 Å². The standard InChI is InChI=1S/C19H21N3O4S/c1-10-11(2)27-19-17(10)18(24)21-15(22-19)7-8-16(23)20-13-6-5-12(25-3)9-14(13)26-4/h5-6,9H,7-8H2,1-4H3,(H,20,23)(H,21,22,24). The van der Waals surface area contributed by atoms with Crippen molar-refractivity contribution in [2.24, 2.45) is 0 Å². The highest BCUT2D eigenvalue weighted by Gasteiger charge is 2.13. The van der Waals surface area contributed by atoms with E-state index < -0.39 is 0 Å². The number of ether oxygens (including phenoxy) is 2. The molecule has 1 amide bonds. The normalized spacial score (nSPS) is 10.8. The molecule has 2 aromatic heterocycles. The number of amides is 1. The van der Waals surface area contributed by atoms with Crippen molar-refractivity contribution in [1.82, 2.24) is 9.97 Å². The number of anilines is 1. The number of aryl methyl sites for hydroxylation is 3. The van der Waals surface area contributed by atoms with Crippen LogP contribution in [0.4, 0.5) is 5.69 Å². The van der Waals surface area contributed by atoms with Crippen LogP contribution in [-0.2, 0) is 11.2 Å². The number of carbonyl (C=O) groups excluding carboxylic acids is 1. The summed E-state index contributed by atoms with van der Waals surface area (Å²) in [4.78, 5) is 33.7. The van der Waals surface area contributed by atoms with Gasteiger partial charge in [0, 0.05) is 23.8 Å². The van der Waals surface area contributed by atoms with Crippen molar-refractivity contribution in [3.8, 4) is 11.5 Å². The molecule has 0 radical (unpaired) electrons. The third-order valence-corrected chi connectivity index (χ3v) is 5.46. The number of hydrogen-bond acceptors (Lipinski definition) is 6. The van der Waals surface area contributed by atoms with Gasteiger partial charge in [0.1, 0.15) is 22.2 Å². The van der Waals surface area contributed by atoms with Gasteiger partial charge in [0.25, 0.3) is 5.56 Å². The highest BCUT2D eigenvalue weighted by molar-refractivity contribution is 7.18. The molecule has 3 aromatic rings. The van der Waals surface area contributed by atoms with Gasteiger partial charge < -0.3 is 19.8 Å². The monoisotopic (exact) mass is 387 g/mol. The van der Waals surface area contributed by atoms with Gasteiger partial charge >= 0.3 is 0 Å². The molecule has 3 rings (SSSR count). The van der Waals surface area contributed by atoms with Gasteiger partial charge in [-0.2, -0.15) is 0 Å². The molecule has 0 saturated carbocycles. The van der Waals surface area contributed by atoms with E-state index in [1.807, 2.05) is 13.8 Å². The SMILES string of the molecule is COc1ccc(NC(=O)CCc2nc3sc(C)c(C)c3c(=O)[nH]2)c(OC)c1. The fourth-order valence-electron chi connectivity index (χ4n) is 2.76. The number of carbonyl (C=O) groups is 1. The molecule has 8 heteroatoms. The molecule has 0 bridgehead atoms. The van der Waals surface area contributed by atoms with E-state index in [2.05, 4.69) is 15.3 Å². The lowest BCUT2D eigenvalue weighted by molar-refractivity contribution is -0.116. The van der Waals surface area contributed by atoms with Crippen molar-refractivity contribution in [3.63, 3.8) is 0 Å². The molecule has 7 nitrogen and oxygen atoms in total. The van der Waals surface area contributed by atoms with Gasteiger partial charge in [-0.3, -0.25) is 9.59 Å². The van der Waals surface area contributed by atoms with Gasteiger partial charge in [0.05, 0.1) is 25.3 Å². The van der Waals surface area contributed by atoms with Crippen molar-refractivity contribution in [1.29, 1.82) is 0 Å². The van der Waals surface area contributed by atoms with Crippen LogP contribution in [0.1, 0.15) is 22.7 Å². The third kappa shape index (κ3) is 3.95. The van der Waals surface area contributed by atoms with E-state index in [-0.39, 0.29) is 17.9 Å². The van der Waals surface area contributed by atoms with E-state index in [1.165, 1.54) is 18.4 Å². The minimum atomic E-state index is -0.195. The summed E-state index contributed by atoms with van der Waals surface area (Å²) in [7, 11) is 3.09. The van der Waals surface area contributed by atoms with Crippen LogP contribution in [0, 0.1) is 13.8 Å². The lowest BCUT2D eigenvalue weighted by Crippen LogP contribution is -2.16. The van der Waals surface area contributed by atoms with E-state index in [9.17, 15) is 9.59 Å². The second-order valence-corrected chi connectivity index (χ2v) is 7.29. The highest BCUT2D eigenvalue weighted by Crippen LogP contribution is 2.29. The Morgan fingerprint density at radius 2 is 2.04 bits per heavy atom. The lowest BCUT2D eigenvalue weighted by Gasteiger charge is -2.11. The molecular formula is C19H21N3O4S. The molecule has 2 N–H and O–H groups in total. The summed E-state index contributed by atoms with van der Waals surface area (Å²) in [6.07, 6.45) is 0.526. The molecule has 0 aliphatic heterocycles. The number of nitrogens with one attached hydrogen (secondary N) is 2. The number of thiophene rings is 1. The molecule has 0 saturated heterocycles. The first-order valence-corrected chi connectivity index (χ1v) is 9.25. The summed E-state index contributed by atoms with van der Waals surface area (Å²) in [5.74, 6) is 1.46. The van der Waals surface area contributed by atoms with Crippen LogP contribution in [0.3, 0.4) is 0 Å². The molecule has 1 aromatic carbocycles. The maximum atomic E-state index is 12.3. The van der Waals surface area contributed by atoms with Crippen molar-refractivity contribution in [2.75, 3.05) is 19.5 Å². The minimum absolute atomic E-state index is 0.158. The van der Waals surface area contributed by atoms with E-state index in [4.69, 9.17) is 9.47 Å². The fourth-order valence-corrected chi connectivity index (χ4v) is 3.81. The Morgan fingerprint density at radius 3 is 2.74 bits per heavy atom. The second-order valence-electron chi connectivity index (χ2n) is 6.09. The first-order chi connectivity index (χ1) is 12.9. The predicted octanol–water partition coefficient (Wildman–Crippen LogP) is 3.19. The quantitative estimate of drug-likeness (QED) is 0.678. The largest absolute Gasteiger partial charge is 0.497 e. The Labute approximate surface area is 160 Å². The second kappa shape index (κ2) is 7.79. The summed E-state index contributed by atoms with van der Waals surface area (Å²) in [5.41, 5.74) is 1.36. The number of rotatable bonds is 6.